The molecule has 0 aromatic heterocycles. The minimum atomic E-state index is -1.00. The van der Waals surface area contributed by atoms with Crippen molar-refractivity contribution < 1.29 is 0 Å². The Kier molecular flexibility index (Phi) is 2.70. The average molecular weight is 253 g/mol. The minimum absolute atomic E-state index is 0.287. The Labute approximate surface area is 111 Å². The van der Waals surface area contributed by atoms with E-state index in [0.29, 0.717) is 0 Å². The van der Waals surface area contributed by atoms with E-state index < -0.39 is 5.79 Å². The summed E-state index contributed by atoms with van der Waals surface area (Å²) in [5, 5.41) is 0. The first-order valence-electron chi connectivity index (χ1n) is 6.01. The van der Waals surface area contributed by atoms with Crippen molar-refractivity contribution in [2.45, 2.75) is 5.79 Å². The van der Waals surface area contributed by atoms with Crippen LogP contribution in [0.1, 0.15) is 5.56 Å². The molecule has 5 heteroatoms. The fourth-order valence-electron chi connectivity index (χ4n) is 2.09. The van der Waals surface area contributed by atoms with Gasteiger partial charge in [-0.15, -0.1) is 0 Å². The second-order valence-electron chi connectivity index (χ2n) is 4.46. The number of guanidine groups is 1. The monoisotopic (exact) mass is 253 g/mol. The summed E-state index contributed by atoms with van der Waals surface area (Å²) >= 11 is 0. The van der Waals surface area contributed by atoms with E-state index in [4.69, 9.17) is 11.5 Å². The summed E-state index contributed by atoms with van der Waals surface area (Å²) in [5.41, 5.74) is 20.4. The molecule has 0 aliphatic carbocycles. The first-order valence-corrected chi connectivity index (χ1v) is 6.01. The molecule has 19 heavy (non-hydrogen) atoms. The average Bonchev–Trinajstić information content (AvgIpc) is 2.81. The number of nitrogens with one attached hydrogen (secondary N) is 2. The number of hydrogen-bond donors (Lipinski definition) is 4. The second-order valence-corrected chi connectivity index (χ2v) is 4.46. The Balaban J connectivity index is 1.92. The first-order chi connectivity index (χ1) is 9.17. The van der Waals surface area contributed by atoms with Crippen LogP contribution in [0.25, 0.3) is 11.1 Å². The van der Waals surface area contributed by atoms with Crippen molar-refractivity contribution >= 4 is 5.96 Å². The van der Waals surface area contributed by atoms with Crippen LogP contribution in [0.3, 0.4) is 0 Å². The Morgan fingerprint density at radius 3 is 2.11 bits per heavy atom. The predicted molar refractivity (Wildman–Crippen MR) is 75.6 cm³/mol. The molecule has 2 aromatic rings. The highest BCUT2D eigenvalue weighted by atomic mass is 15.6. The third-order valence-corrected chi connectivity index (χ3v) is 3.11. The van der Waals surface area contributed by atoms with Crippen molar-refractivity contribution in [1.29, 1.82) is 0 Å². The Hall–Kier alpha value is -2.37. The molecule has 0 saturated heterocycles. The van der Waals surface area contributed by atoms with Gasteiger partial charge in [0, 0.05) is 5.56 Å². The quantitative estimate of drug-likeness (QED) is 0.638. The van der Waals surface area contributed by atoms with Gasteiger partial charge in [-0.2, -0.15) is 5.43 Å². The van der Waals surface area contributed by atoms with E-state index in [1.165, 1.54) is 5.56 Å². The largest absolute Gasteiger partial charge is 0.369 e. The number of benzene rings is 2. The van der Waals surface area contributed by atoms with Crippen LogP contribution in [0.4, 0.5) is 0 Å². The maximum absolute atomic E-state index is 6.12. The molecule has 1 atom stereocenters. The molecular weight excluding hydrogens is 238 g/mol. The molecule has 1 aliphatic heterocycles. The van der Waals surface area contributed by atoms with Crippen LogP contribution in [0.5, 0.6) is 0 Å². The predicted octanol–water partition coefficient (Wildman–Crippen LogP) is 0.845. The third-order valence-electron chi connectivity index (χ3n) is 3.11. The molecule has 3 rings (SSSR count). The molecular formula is C14H15N5. The van der Waals surface area contributed by atoms with Gasteiger partial charge in [0.2, 0.25) is 11.7 Å². The van der Waals surface area contributed by atoms with Crippen LogP contribution in [0, 0.1) is 0 Å². The molecule has 1 unspecified atom stereocenters. The van der Waals surface area contributed by atoms with Gasteiger partial charge in [0.15, 0.2) is 0 Å². The molecule has 0 spiro atoms. The molecule has 0 radical (unpaired) electrons. The van der Waals surface area contributed by atoms with Gasteiger partial charge < -0.3 is 5.73 Å². The van der Waals surface area contributed by atoms with Crippen molar-refractivity contribution in [1.82, 2.24) is 10.9 Å². The van der Waals surface area contributed by atoms with Gasteiger partial charge >= 0.3 is 0 Å². The highest BCUT2D eigenvalue weighted by molar-refractivity contribution is 5.79. The molecule has 96 valence electrons. The molecule has 0 saturated carbocycles. The molecule has 2 aromatic carbocycles. The summed E-state index contributed by atoms with van der Waals surface area (Å²) in [6, 6.07) is 18.1. The highest BCUT2D eigenvalue weighted by Crippen LogP contribution is 2.24. The van der Waals surface area contributed by atoms with E-state index in [1.807, 2.05) is 42.5 Å². The maximum Gasteiger partial charge on any atom is 0.209 e. The standard InChI is InChI=1S/C14H15N5/c15-13-17-14(16,19-18-13)12-8-6-11(7-9-12)10-4-2-1-3-5-10/h1-9,19H,16H2,(H3,15,17,18). The molecule has 0 amide bonds. The van der Waals surface area contributed by atoms with Gasteiger partial charge in [-0.05, 0) is 11.1 Å². The van der Waals surface area contributed by atoms with Gasteiger partial charge in [-0.1, -0.05) is 54.6 Å². The topological polar surface area (TPSA) is 88.5 Å². The lowest BCUT2D eigenvalue weighted by molar-refractivity contribution is 0.375. The molecule has 1 aliphatic rings. The fourth-order valence-corrected chi connectivity index (χ4v) is 2.09. The van der Waals surface area contributed by atoms with E-state index >= 15 is 0 Å². The molecule has 0 fully saturated rings. The summed E-state index contributed by atoms with van der Waals surface area (Å²) < 4.78 is 0. The summed E-state index contributed by atoms with van der Waals surface area (Å²) in [7, 11) is 0. The van der Waals surface area contributed by atoms with Crippen molar-refractivity contribution in [3.63, 3.8) is 0 Å². The van der Waals surface area contributed by atoms with E-state index in [-0.39, 0.29) is 5.96 Å². The number of rotatable bonds is 2. The Bertz CT molecular complexity index is 605. The van der Waals surface area contributed by atoms with Crippen LogP contribution >= 0.6 is 0 Å². The lowest BCUT2D eigenvalue weighted by Crippen LogP contribution is -2.50. The van der Waals surface area contributed by atoms with E-state index in [9.17, 15) is 0 Å². The summed E-state index contributed by atoms with van der Waals surface area (Å²) in [5.74, 6) is -0.714. The normalized spacial score (nSPS) is 21.8. The SMILES string of the molecule is NC1=NC(N)(c2ccc(-c3ccccc3)cc2)NN1. The number of nitrogens with two attached hydrogens (primary N) is 2. The van der Waals surface area contributed by atoms with E-state index in [0.717, 1.165) is 11.1 Å². The smallest absolute Gasteiger partial charge is 0.209 e. The second kappa shape index (κ2) is 4.38. The summed E-state index contributed by atoms with van der Waals surface area (Å²) in [6.07, 6.45) is 0. The van der Waals surface area contributed by atoms with Gasteiger partial charge in [0.1, 0.15) is 0 Å². The Morgan fingerprint density at radius 1 is 0.895 bits per heavy atom. The minimum Gasteiger partial charge on any atom is -0.369 e. The summed E-state index contributed by atoms with van der Waals surface area (Å²) in [4.78, 5) is 4.14. The lowest BCUT2D eigenvalue weighted by Gasteiger charge is -2.20. The van der Waals surface area contributed by atoms with Crippen LogP contribution in [-0.4, -0.2) is 5.96 Å². The molecule has 6 N–H and O–H groups in total. The van der Waals surface area contributed by atoms with Crippen LogP contribution < -0.4 is 22.3 Å². The molecule has 0 bridgehead atoms. The van der Waals surface area contributed by atoms with Crippen molar-refractivity contribution in [3.05, 3.63) is 60.2 Å². The zero-order valence-electron chi connectivity index (χ0n) is 10.3. The van der Waals surface area contributed by atoms with Crippen LogP contribution in [0.2, 0.25) is 0 Å². The third kappa shape index (κ3) is 2.16. The number of aliphatic imine (C=N–C) groups is 1. The van der Waals surface area contributed by atoms with E-state index in [1.54, 1.807) is 0 Å². The maximum atomic E-state index is 6.12. The number of hydrazine groups is 1. The number of nitrogens with zero attached hydrogens (tertiary/aromatic N) is 1. The first kappa shape index (κ1) is 11.7. The van der Waals surface area contributed by atoms with Crippen molar-refractivity contribution in [2.75, 3.05) is 0 Å². The summed E-state index contributed by atoms with van der Waals surface area (Å²) in [6.45, 7) is 0. The van der Waals surface area contributed by atoms with Gasteiger partial charge in [0.25, 0.3) is 0 Å². The zero-order chi connectivity index (χ0) is 13.3. The van der Waals surface area contributed by atoms with Gasteiger partial charge in [-0.3, -0.25) is 11.2 Å². The van der Waals surface area contributed by atoms with Crippen LogP contribution in [-0.2, 0) is 5.79 Å². The fraction of sp³-hybridized carbons (Fsp3) is 0.0714. The molecule has 1 heterocycles. The van der Waals surface area contributed by atoms with E-state index in [2.05, 4.69) is 28.0 Å². The van der Waals surface area contributed by atoms with Crippen molar-refractivity contribution in [3.8, 4) is 11.1 Å². The van der Waals surface area contributed by atoms with Gasteiger partial charge in [0.05, 0.1) is 0 Å². The van der Waals surface area contributed by atoms with Crippen LogP contribution in [0.15, 0.2) is 59.6 Å². The van der Waals surface area contributed by atoms with Gasteiger partial charge in [-0.25, -0.2) is 4.99 Å². The highest BCUT2D eigenvalue weighted by Gasteiger charge is 2.31. The zero-order valence-corrected chi connectivity index (χ0v) is 10.3. The molecule has 5 nitrogen and oxygen atoms in total. The van der Waals surface area contributed by atoms with Crippen molar-refractivity contribution in [2.24, 2.45) is 16.5 Å². The lowest BCUT2D eigenvalue weighted by atomic mass is 10.0. The Morgan fingerprint density at radius 2 is 1.53 bits per heavy atom. The number of hydrogen-bond acceptors (Lipinski definition) is 5.